The molecule has 0 spiro atoms. The number of hydrogen-bond donors (Lipinski definition) is 1. The molecular formula is C15H22N2O5S2. The van der Waals surface area contributed by atoms with E-state index in [4.69, 9.17) is 0 Å². The second-order valence-corrected chi connectivity index (χ2v) is 9.45. The minimum Gasteiger partial charge on any atom is -0.273 e. The Bertz CT molecular complexity index is 831. The summed E-state index contributed by atoms with van der Waals surface area (Å²) in [5.41, 5.74) is 0.574. The van der Waals surface area contributed by atoms with Gasteiger partial charge in [0.1, 0.15) is 0 Å². The highest BCUT2D eigenvalue weighted by Gasteiger charge is 2.36. The zero-order valence-corrected chi connectivity index (χ0v) is 15.4. The minimum atomic E-state index is -3.66. The highest BCUT2D eigenvalue weighted by Crippen LogP contribution is 2.28. The molecule has 1 amide bonds. The van der Waals surface area contributed by atoms with Crippen LogP contribution >= 0.6 is 0 Å². The maximum absolute atomic E-state index is 12.3. The van der Waals surface area contributed by atoms with Gasteiger partial charge in [0.05, 0.1) is 16.3 Å². The molecule has 24 heavy (non-hydrogen) atoms. The van der Waals surface area contributed by atoms with E-state index < -0.39 is 26.0 Å². The van der Waals surface area contributed by atoms with Crippen LogP contribution in [0.2, 0.25) is 0 Å². The van der Waals surface area contributed by atoms with Gasteiger partial charge in [0.15, 0.2) is 0 Å². The standard InChI is InChI=1S/C15H22N2O5S2/c1-3-4-5-9-16-24(21,22)14-7-6-13(11-12(14)2)17-15(18)8-10-23(17,19)20/h6-7,11,16H,3-5,8-10H2,1-2H3. The van der Waals surface area contributed by atoms with E-state index in [1.165, 1.54) is 18.2 Å². The fraction of sp³-hybridized carbons (Fsp3) is 0.533. The normalized spacial score (nSPS) is 17.4. The number of anilines is 1. The lowest BCUT2D eigenvalue weighted by Gasteiger charge is -2.17. The maximum Gasteiger partial charge on any atom is 0.242 e. The first kappa shape index (κ1) is 18.9. The van der Waals surface area contributed by atoms with E-state index >= 15 is 0 Å². The molecule has 1 aromatic carbocycles. The molecule has 0 radical (unpaired) electrons. The van der Waals surface area contributed by atoms with Gasteiger partial charge in [0, 0.05) is 13.0 Å². The highest BCUT2D eigenvalue weighted by atomic mass is 32.2. The monoisotopic (exact) mass is 374 g/mol. The summed E-state index contributed by atoms with van der Waals surface area (Å²) in [5, 5.41) is 0. The van der Waals surface area contributed by atoms with Crippen molar-refractivity contribution in [3.05, 3.63) is 23.8 Å². The van der Waals surface area contributed by atoms with Crippen molar-refractivity contribution >= 4 is 31.6 Å². The minimum absolute atomic E-state index is 0.0551. The number of unbranched alkanes of at least 4 members (excludes halogenated alkanes) is 2. The fourth-order valence-corrected chi connectivity index (χ4v) is 5.34. The first-order chi connectivity index (χ1) is 11.2. The summed E-state index contributed by atoms with van der Waals surface area (Å²) in [6.07, 6.45) is 2.64. The lowest BCUT2D eigenvalue weighted by Crippen LogP contribution is -2.30. The predicted octanol–water partition coefficient (Wildman–Crippen LogP) is 1.53. The number of amides is 1. The van der Waals surface area contributed by atoms with E-state index in [0.29, 0.717) is 12.1 Å². The van der Waals surface area contributed by atoms with E-state index in [0.717, 1.165) is 23.6 Å². The van der Waals surface area contributed by atoms with Crippen LogP contribution in [-0.4, -0.2) is 35.0 Å². The molecule has 1 aliphatic heterocycles. The molecule has 7 nitrogen and oxygen atoms in total. The number of benzene rings is 1. The van der Waals surface area contributed by atoms with Crippen molar-refractivity contribution in [3.8, 4) is 0 Å². The van der Waals surface area contributed by atoms with Crippen LogP contribution in [0, 0.1) is 6.92 Å². The SMILES string of the molecule is CCCCCNS(=O)(=O)c1ccc(N2C(=O)CCS2(=O)=O)cc1C. The molecule has 0 atom stereocenters. The summed E-state index contributed by atoms with van der Waals surface area (Å²) < 4.78 is 51.8. The van der Waals surface area contributed by atoms with Crippen molar-refractivity contribution in [1.29, 1.82) is 0 Å². The van der Waals surface area contributed by atoms with E-state index in [2.05, 4.69) is 4.72 Å². The van der Waals surface area contributed by atoms with Crippen LogP contribution < -0.4 is 9.03 Å². The summed E-state index contributed by atoms with van der Waals surface area (Å²) in [4.78, 5) is 11.9. The molecule has 1 saturated heterocycles. The van der Waals surface area contributed by atoms with Crippen LogP contribution in [0.4, 0.5) is 5.69 Å². The molecule has 1 N–H and O–H groups in total. The van der Waals surface area contributed by atoms with Crippen LogP contribution in [0.3, 0.4) is 0 Å². The van der Waals surface area contributed by atoms with Crippen LogP contribution in [0.15, 0.2) is 23.1 Å². The van der Waals surface area contributed by atoms with Gasteiger partial charge in [-0.1, -0.05) is 19.8 Å². The van der Waals surface area contributed by atoms with Gasteiger partial charge in [-0.15, -0.1) is 0 Å². The smallest absolute Gasteiger partial charge is 0.242 e. The molecule has 1 aliphatic rings. The Morgan fingerprint density at radius 2 is 1.96 bits per heavy atom. The number of rotatable bonds is 7. The van der Waals surface area contributed by atoms with Crippen LogP contribution in [-0.2, 0) is 24.8 Å². The lowest BCUT2D eigenvalue weighted by molar-refractivity contribution is -0.116. The molecule has 0 bridgehead atoms. The zero-order chi connectivity index (χ0) is 18.0. The third kappa shape index (κ3) is 3.96. The Hall–Kier alpha value is -1.45. The summed E-state index contributed by atoms with van der Waals surface area (Å²) in [7, 11) is -7.31. The van der Waals surface area contributed by atoms with Crippen molar-refractivity contribution in [3.63, 3.8) is 0 Å². The second-order valence-electron chi connectivity index (χ2n) is 5.78. The third-order valence-corrected chi connectivity index (χ3v) is 7.15. The number of carbonyl (C=O) groups excluding carboxylic acids is 1. The molecule has 2 rings (SSSR count). The first-order valence-electron chi connectivity index (χ1n) is 7.85. The van der Waals surface area contributed by atoms with Crippen LogP contribution in [0.5, 0.6) is 0 Å². The van der Waals surface area contributed by atoms with E-state index in [9.17, 15) is 21.6 Å². The average molecular weight is 374 g/mol. The van der Waals surface area contributed by atoms with Gasteiger partial charge in [0.25, 0.3) is 0 Å². The first-order valence-corrected chi connectivity index (χ1v) is 10.9. The molecule has 134 valence electrons. The Morgan fingerprint density at radius 1 is 1.25 bits per heavy atom. The molecular weight excluding hydrogens is 352 g/mol. The highest BCUT2D eigenvalue weighted by molar-refractivity contribution is 7.94. The number of nitrogens with one attached hydrogen (secondary N) is 1. The number of carbonyl (C=O) groups is 1. The zero-order valence-electron chi connectivity index (χ0n) is 13.8. The maximum atomic E-state index is 12.3. The molecule has 0 saturated carbocycles. The van der Waals surface area contributed by atoms with Crippen molar-refractivity contribution in [2.75, 3.05) is 16.6 Å². The molecule has 1 heterocycles. The Kier molecular flexibility index (Phi) is 5.67. The summed E-state index contributed by atoms with van der Waals surface area (Å²) in [5.74, 6) is -0.716. The van der Waals surface area contributed by atoms with Crippen molar-refractivity contribution < 1.29 is 21.6 Å². The van der Waals surface area contributed by atoms with E-state index in [1.807, 2.05) is 6.92 Å². The van der Waals surface area contributed by atoms with Gasteiger partial charge < -0.3 is 0 Å². The molecule has 0 aliphatic carbocycles. The summed E-state index contributed by atoms with van der Waals surface area (Å²) >= 11 is 0. The topological polar surface area (TPSA) is 101 Å². The Morgan fingerprint density at radius 3 is 2.50 bits per heavy atom. The number of sulfonamides is 2. The summed E-state index contributed by atoms with van der Waals surface area (Å²) in [6.45, 7) is 3.97. The van der Waals surface area contributed by atoms with Gasteiger partial charge in [-0.25, -0.2) is 25.9 Å². The average Bonchev–Trinajstić information content (AvgIpc) is 2.76. The number of aryl methyl sites for hydroxylation is 1. The van der Waals surface area contributed by atoms with Crippen molar-refractivity contribution in [2.45, 2.75) is 44.4 Å². The Balaban J connectivity index is 2.25. The van der Waals surface area contributed by atoms with Gasteiger partial charge >= 0.3 is 0 Å². The van der Waals surface area contributed by atoms with Gasteiger partial charge in [-0.05, 0) is 37.1 Å². The molecule has 0 aromatic heterocycles. The van der Waals surface area contributed by atoms with Crippen molar-refractivity contribution in [1.82, 2.24) is 4.72 Å². The molecule has 1 aromatic rings. The molecule has 0 unspecified atom stereocenters. The van der Waals surface area contributed by atoms with Crippen LogP contribution in [0.1, 0.15) is 38.2 Å². The summed E-state index contributed by atoms with van der Waals surface area (Å²) in [6, 6.07) is 4.11. The molecule has 9 heteroatoms. The fourth-order valence-electron chi connectivity index (χ4n) is 2.59. The number of nitrogens with zero attached hydrogens (tertiary/aromatic N) is 1. The third-order valence-electron chi connectivity index (χ3n) is 3.83. The Labute approximate surface area is 143 Å². The van der Waals surface area contributed by atoms with Crippen LogP contribution in [0.25, 0.3) is 0 Å². The van der Waals surface area contributed by atoms with Gasteiger partial charge in [-0.3, -0.25) is 4.79 Å². The number of hydrogen-bond acceptors (Lipinski definition) is 5. The van der Waals surface area contributed by atoms with Crippen molar-refractivity contribution in [2.24, 2.45) is 0 Å². The van der Waals surface area contributed by atoms with E-state index in [-0.39, 0.29) is 22.8 Å². The lowest BCUT2D eigenvalue weighted by atomic mass is 10.2. The largest absolute Gasteiger partial charge is 0.273 e. The van der Waals surface area contributed by atoms with Gasteiger partial charge in [0.2, 0.25) is 26.0 Å². The quantitative estimate of drug-likeness (QED) is 0.730. The van der Waals surface area contributed by atoms with E-state index in [1.54, 1.807) is 6.92 Å². The van der Waals surface area contributed by atoms with Gasteiger partial charge in [-0.2, -0.15) is 0 Å². The molecule has 1 fully saturated rings. The predicted molar refractivity (Wildman–Crippen MR) is 91.8 cm³/mol. The second kappa shape index (κ2) is 7.20.